The molecule has 0 spiro atoms. The van der Waals surface area contributed by atoms with Gasteiger partial charge in [-0.25, -0.2) is 4.79 Å². The van der Waals surface area contributed by atoms with Crippen molar-refractivity contribution in [3.05, 3.63) is 0 Å². The van der Waals surface area contributed by atoms with E-state index in [4.69, 9.17) is 4.55 Å². The molecule has 5 unspecified atom stereocenters. The highest BCUT2D eigenvalue weighted by atomic mass is 32.2. The summed E-state index contributed by atoms with van der Waals surface area (Å²) in [4.78, 5) is 11.5. The van der Waals surface area contributed by atoms with Crippen LogP contribution in [0.25, 0.3) is 0 Å². The Labute approximate surface area is 148 Å². The number of thioether (sulfide) groups is 1. The minimum atomic E-state index is -5.94. The Morgan fingerprint density at radius 2 is 1.60 bits per heavy atom. The summed E-state index contributed by atoms with van der Waals surface area (Å²) in [5, 5.41) is 15.0. The van der Waals surface area contributed by atoms with Crippen molar-refractivity contribution < 1.29 is 41.5 Å². The van der Waals surface area contributed by atoms with E-state index in [-0.39, 0.29) is 17.6 Å². The maximum atomic E-state index is 13.4. The molecule has 5 atom stereocenters. The maximum Gasteiger partial charge on any atom is 0.465 e. The molecule has 146 valence electrons. The normalized spacial score (nSPS) is 33.6. The van der Waals surface area contributed by atoms with Gasteiger partial charge in [-0.3, -0.25) is 4.55 Å². The van der Waals surface area contributed by atoms with Gasteiger partial charge in [0.1, 0.15) is 6.10 Å². The number of ether oxygens (including phenoxy) is 1. The molecule has 2 fully saturated rings. The van der Waals surface area contributed by atoms with Gasteiger partial charge >= 0.3 is 21.3 Å². The van der Waals surface area contributed by atoms with Crippen LogP contribution in [0.15, 0.2) is 0 Å². The summed E-state index contributed by atoms with van der Waals surface area (Å²) in [5.41, 5.74) is -2.43. The van der Waals surface area contributed by atoms with E-state index in [1.807, 2.05) is 0 Å². The number of fused-ring (bicyclic) bond motifs is 2. The van der Waals surface area contributed by atoms with E-state index in [2.05, 4.69) is 4.74 Å². The van der Waals surface area contributed by atoms with Crippen molar-refractivity contribution in [2.75, 3.05) is 0 Å². The lowest BCUT2D eigenvalue weighted by Crippen LogP contribution is -2.55. The smallest absolute Gasteiger partial charge is 0.456 e. The van der Waals surface area contributed by atoms with Crippen LogP contribution in [0.2, 0.25) is 0 Å². The van der Waals surface area contributed by atoms with Crippen molar-refractivity contribution in [2.45, 2.75) is 67.2 Å². The number of halogens is 2. The number of aliphatic hydroxyl groups is 2. The average Bonchev–Trinajstić information content (AvgIpc) is 2.92. The van der Waals surface area contributed by atoms with Crippen molar-refractivity contribution in [2.24, 2.45) is 11.8 Å². The lowest BCUT2D eigenvalue weighted by atomic mass is 9.65. The first-order valence-electron chi connectivity index (χ1n) is 7.64. The Bertz CT molecular complexity index is 651. The number of carbonyl (C=O) groups excluding carboxylic acids is 1. The molecule has 11 heteroatoms. The van der Waals surface area contributed by atoms with Crippen LogP contribution in [0, 0.1) is 11.8 Å². The Morgan fingerprint density at radius 1 is 1.12 bits per heavy atom. The molecule has 2 aliphatic rings. The molecule has 2 heterocycles. The fourth-order valence-corrected chi connectivity index (χ4v) is 6.50. The van der Waals surface area contributed by atoms with Gasteiger partial charge in [0.2, 0.25) is 0 Å². The van der Waals surface area contributed by atoms with Gasteiger partial charge < -0.3 is 14.9 Å². The molecular weight excluding hydrogens is 382 g/mol. The zero-order valence-electron chi connectivity index (χ0n) is 14.1. The van der Waals surface area contributed by atoms with Gasteiger partial charge in [-0.1, -0.05) is 0 Å². The monoisotopic (exact) mass is 404 g/mol. The zero-order valence-corrected chi connectivity index (χ0v) is 15.8. The summed E-state index contributed by atoms with van der Waals surface area (Å²) in [7, 11) is -5.94. The van der Waals surface area contributed by atoms with E-state index >= 15 is 0 Å². The topological polar surface area (TPSA) is 121 Å². The van der Waals surface area contributed by atoms with Gasteiger partial charge in [-0.05, 0) is 34.1 Å². The van der Waals surface area contributed by atoms with Crippen molar-refractivity contribution in [3.8, 4) is 0 Å². The molecule has 7 nitrogen and oxygen atoms in total. The largest absolute Gasteiger partial charge is 0.465 e. The molecule has 3 N–H and O–H groups in total. The van der Waals surface area contributed by atoms with Crippen molar-refractivity contribution >= 4 is 27.8 Å². The molecule has 0 aliphatic carbocycles. The Hall–Kier alpha value is -0.490. The molecule has 0 amide bonds. The van der Waals surface area contributed by atoms with E-state index in [0.29, 0.717) is 0 Å². The fraction of sp³-hybridized carbons (Fsp3) is 0.929. The van der Waals surface area contributed by atoms with Crippen LogP contribution < -0.4 is 0 Å². The summed E-state index contributed by atoms with van der Waals surface area (Å²) in [5.74, 6) is -3.27. The van der Waals surface area contributed by atoms with Gasteiger partial charge in [0.05, 0.1) is 11.2 Å². The third-order valence-corrected chi connectivity index (χ3v) is 7.32. The van der Waals surface area contributed by atoms with E-state index in [0.717, 1.165) is 0 Å². The SMILES string of the molecule is CC(C)(O)C1C2CC(OC(=O)C(F)(F)S(=O)(=O)O)C(S2)C1C(C)(C)O. The fourth-order valence-electron chi connectivity index (χ4n) is 3.85. The molecule has 0 aromatic heterocycles. The molecule has 2 saturated heterocycles. The zero-order chi connectivity index (χ0) is 19.6. The van der Waals surface area contributed by atoms with Crippen LogP contribution in [0.5, 0.6) is 0 Å². The summed E-state index contributed by atoms with van der Waals surface area (Å²) in [6.07, 6.45) is -0.908. The quantitative estimate of drug-likeness (QED) is 0.459. The van der Waals surface area contributed by atoms with E-state index in [9.17, 15) is 32.2 Å². The molecule has 2 bridgehead atoms. The van der Waals surface area contributed by atoms with Gasteiger partial charge in [0.25, 0.3) is 0 Å². The predicted octanol–water partition coefficient (Wildman–Crippen LogP) is 1.04. The predicted molar refractivity (Wildman–Crippen MR) is 85.7 cm³/mol. The molecule has 0 aromatic rings. The average molecular weight is 404 g/mol. The first kappa shape index (κ1) is 20.8. The summed E-state index contributed by atoms with van der Waals surface area (Å²) >= 11 is 1.32. The molecule has 0 aromatic carbocycles. The van der Waals surface area contributed by atoms with Crippen molar-refractivity contribution in [3.63, 3.8) is 0 Å². The van der Waals surface area contributed by atoms with Crippen LogP contribution in [0.3, 0.4) is 0 Å². The summed E-state index contributed by atoms with van der Waals surface area (Å²) in [6, 6.07) is 0. The summed E-state index contributed by atoms with van der Waals surface area (Å²) in [6.45, 7) is 6.21. The lowest BCUT2D eigenvalue weighted by molar-refractivity contribution is -0.172. The standard InChI is InChI=1S/C14H22F2O7S2/c1-12(2,18)8-7-5-6(10(24-7)9(8)13(3,4)19)23-11(17)14(15,16)25(20,21)22/h6-10,18-19H,5H2,1-4H3,(H,20,21,22). The van der Waals surface area contributed by atoms with E-state index < -0.39 is 49.8 Å². The summed E-state index contributed by atoms with van der Waals surface area (Å²) < 4.78 is 61.3. The second-order valence-electron chi connectivity index (χ2n) is 7.67. The Kier molecular flexibility index (Phi) is 5.01. The number of alkyl halides is 2. The van der Waals surface area contributed by atoms with E-state index in [1.165, 1.54) is 25.6 Å². The van der Waals surface area contributed by atoms with Crippen LogP contribution in [0.1, 0.15) is 34.1 Å². The van der Waals surface area contributed by atoms with Gasteiger partial charge in [-0.2, -0.15) is 29.0 Å². The third-order valence-electron chi connectivity index (χ3n) is 4.76. The minimum Gasteiger partial charge on any atom is -0.456 e. The Morgan fingerprint density at radius 3 is 2.00 bits per heavy atom. The second kappa shape index (κ2) is 6.01. The van der Waals surface area contributed by atoms with Crippen LogP contribution in [-0.4, -0.2) is 62.2 Å². The molecule has 2 aliphatic heterocycles. The number of rotatable bonds is 5. The lowest BCUT2D eigenvalue weighted by Gasteiger charge is -2.45. The second-order valence-corrected chi connectivity index (χ2v) is 10.6. The van der Waals surface area contributed by atoms with Gasteiger partial charge in [0.15, 0.2) is 0 Å². The Balaban J connectivity index is 2.25. The van der Waals surface area contributed by atoms with Gasteiger partial charge in [0, 0.05) is 22.3 Å². The van der Waals surface area contributed by atoms with Crippen LogP contribution in [-0.2, 0) is 19.6 Å². The minimum absolute atomic E-state index is 0.143. The van der Waals surface area contributed by atoms with E-state index in [1.54, 1.807) is 13.8 Å². The number of esters is 1. The third kappa shape index (κ3) is 3.66. The van der Waals surface area contributed by atoms with Gasteiger partial charge in [-0.15, -0.1) is 0 Å². The van der Waals surface area contributed by atoms with Crippen LogP contribution in [0.4, 0.5) is 8.78 Å². The highest BCUT2D eigenvalue weighted by Gasteiger charge is 2.64. The van der Waals surface area contributed by atoms with Crippen molar-refractivity contribution in [1.29, 1.82) is 0 Å². The molecule has 2 rings (SSSR count). The first-order valence-corrected chi connectivity index (χ1v) is 10.0. The highest BCUT2D eigenvalue weighted by molar-refractivity contribution is 8.01. The molecule has 0 saturated carbocycles. The first-order chi connectivity index (χ1) is 11.0. The van der Waals surface area contributed by atoms with Crippen LogP contribution >= 0.6 is 11.8 Å². The highest BCUT2D eigenvalue weighted by Crippen LogP contribution is 2.60. The van der Waals surface area contributed by atoms with Crippen molar-refractivity contribution in [1.82, 2.24) is 0 Å². The molecule has 25 heavy (non-hydrogen) atoms. The number of hydrogen-bond donors (Lipinski definition) is 3. The number of carbonyl (C=O) groups is 1. The maximum absolute atomic E-state index is 13.4. The number of hydrogen-bond acceptors (Lipinski definition) is 7. The molecule has 0 radical (unpaired) electrons. The molecular formula is C14H22F2O7S2.